The summed E-state index contributed by atoms with van der Waals surface area (Å²) in [5.41, 5.74) is 3.40. The highest BCUT2D eigenvalue weighted by Gasteiger charge is 2.43. The predicted octanol–water partition coefficient (Wildman–Crippen LogP) is 3.96. The molecule has 0 N–H and O–H groups in total. The summed E-state index contributed by atoms with van der Waals surface area (Å²) in [5, 5.41) is 1.73. The number of aromatic nitrogens is 2. The molecule has 1 unspecified atom stereocenters. The van der Waals surface area contributed by atoms with E-state index < -0.39 is 0 Å². The van der Waals surface area contributed by atoms with Crippen LogP contribution in [-0.2, 0) is 16.8 Å². The maximum Gasteiger partial charge on any atom is 0.140 e. The summed E-state index contributed by atoms with van der Waals surface area (Å²) in [7, 11) is 0. The Morgan fingerprint density at radius 1 is 1.12 bits per heavy atom. The number of halogens is 1. The molecule has 25 heavy (non-hydrogen) atoms. The van der Waals surface area contributed by atoms with E-state index in [1.165, 1.54) is 11.1 Å². The second kappa shape index (κ2) is 5.68. The Hall–Kier alpha value is -2.17. The Labute approximate surface area is 151 Å². The maximum absolute atomic E-state index is 6.33. The lowest BCUT2D eigenvalue weighted by molar-refractivity contribution is -0.0593. The molecule has 1 fully saturated rings. The second-order valence-electron chi connectivity index (χ2n) is 6.78. The first-order valence-corrected chi connectivity index (χ1v) is 9.01. The summed E-state index contributed by atoms with van der Waals surface area (Å²) in [6, 6.07) is 14.5. The van der Waals surface area contributed by atoms with Crippen LogP contribution in [0.3, 0.4) is 0 Å². The molecule has 1 atom stereocenters. The van der Waals surface area contributed by atoms with Crippen LogP contribution in [-0.4, -0.2) is 29.7 Å². The van der Waals surface area contributed by atoms with Gasteiger partial charge >= 0.3 is 0 Å². The fourth-order valence-corrected chi connectivity index (χ4v) is 4.37. The molecule has 2 aliphatic rings. The third kappa shape index (κ3) is 2.40. The van der Waals surface area contributed by atoms with Crippen LogP contribution in [0.25, 0.3) is 10.9 Å². The largest absolute Gasteiger partial charge is 0.367 e. The van der Waals surface area contributed by atoms with Crippen molar-refractivity contribution >= 4 is 28.3 Å². The van der Waals surface area contributed by atoms with Gasteiger partial charge in [-0.25, -0.2) is 9.97 Å². The van der Waals surface area contributed by atoms with Crippen LogP contribution < -0.4 is 4.90 Å². The molecule has 1 saturated heterocycles. The number of morpholine rings is 1. The van der Waals surface area contributed by atoms with Crippen LogP contribution in [0.2, 0.25) is 5.02 Å². The van der Waals surface area contributed by atoms with Crippen molar-refractivity contribution in [1.82, 2.24) is 9.97 Å². The smallest absolute Gasteiger partial charge is 0.140 e. The number of ether oxygens (including phenoxy) is 1. The van der Waals surface area contributed by atoms with Gasteiger partial charge < -0.3 is 9.64 Å². The van der Waals surface area contributed by atoms with Gasteiger partial charge in [-0.3, -0.25) is 0 Å². The van der Waals surface area contributed by atoms with Gasteiger partial charge in [-0.05, 0) is 42.2 Å². The van der Waals surface area contributed by atoms with Crippen LogP contribution in [0.5, 0.6) is 0 Å². The lowest BCUT2D eigenvalue weighted by Gasteiger charge is -2.42. The SMILES string of the molecule is Clc1ccc2c(N3CCOC4(CCc5ccccc54)C3)ncnc2c1. The first kappa shape index (κ1) is 15.1. The molecule has 3 aromatic rings. The van der Waals surface area contributed by atoms with Gasteiger partial charge in [0.05, 0.1) is 18.7 Å². The molecule has 4 nitrogen and oxygen atoms in total. The Morgan fingerprint density at radius 3 is 3.00 bits per heavy atom. The van der Waals surface area contributed by atoms with E-state index in [0.29, 0.717) is 11.6 Å². The summed E-state index contributed by atoms with van der Waals surface area (Å²) in [6.45, 7) is 2.35. The number of benzene rings is 2. The van der Waals surface area contributed by atoms with Gasteiger partial charge in [0, 0.05) is 17.0 Å². The van der Waals surface area contributed by atoms with Gasteiger partial charge in [-0.15, -0.1) is 0 Å². The molecule has 0 bridgehead atoms. The van der Waals surface area contributed by atoms with Crippen molar-refractivity contribution in [2.45, 2.75) is 18.4 Å². The quantitative estimate of drug-likeness (QED) is 0.665. The maximum atomic E-state index is 6.33. The van der Waals surface area contributed by atoms with Gasteiger partial charge in [0.2, 0.25) is 0 Å². The van der Waals surface area contributed by atoms with Crippen LogP contribution in [0.4, 0.5) is 5.82 Å². The minimum absolute atomic E-state index is 0.224. The average molecular weight is 352 g/mol. The summed E-state index contributed by atoms with van der Waals surface area (Å²) < 4.78 is 6.33. The van der Waals surface area contributed by atoms with Crippen molar-refractivity contribution in [2.24, 2.45) is 0 Å². The van der Waals surface area contributed by atoms with Crippen molar-refractivity contribution < 1.29 is 4.74 Å². The lowest BCUT2D eigenvalue weighted by Crippen LogP contribution is -2.49. The summed E-state index contributed by atoms with van der Waals surface area (Å²) in [5.74, 6) is 0.966. The number of anilines is 1. The van der Waals surface area contributed by atoms with E-state index in [4.69, 9.17) is 16.3 Å². The van der Waals surface area contributed by atoms with Crippen LogP contribution in [0, 0.1) is 0 Å². The molecule has 1 aromatic heterocycles. The number of aryl methyl sites for hydroxylation is 1. The van der Waals surface area contributed by atoms with E-state index in [2.05, 4.69) is 39.1 Å². The van der Waals surface area contributed by atoms with E-state index in [1.807, 2.05) is 18.2 Å². The highest BCUT2D eigenvalue weighted by Crippen LogP contribution is 2.43. The molecule has 1 spiro atoms. The zero-order chi connectivity index (χ0) is 16.9. The standard InChI is InChI=1S/C20H18ClN3O/c21-15-5-6-16-18(11-15)22-13-23-19(16)24-9-10-25-20(12-24)8-7-14-3-1-2-4-17(14)20/h1-6,11,13H,7-10,12H2. The lowest BCUT2D eigenvalue weighted by atomic mass is 9.93. The number of hydrogen-bond acceptors (Lipinski definition) is 4. The van der Waals surface area contributed by atoms with E-state index in [-0.39, 0.29) is 5.60 Å². The average Bonchev–Trinajstić information content (AvgIpc) is 2.99. The highest BCUT2D eigenvalue weighted by atomic mass is 35.5. The minimum atomic E-state index is -0.224. The molecule has 0 amide bonds. The molecular formula is C20H18ClN3O. The Balaban J connectivity index is 1.56. The Bertz CT molecular complexity index is 957. The van der Waals surface area contributed by atoms with Gasteiger partial charge in [0.25, 0.3) is 0 Å². The minimum Gasteiger partial charge on any atom is -0.367 e. The van der Waals surface area contributed by atoms with Crippen LogP contribution >= 0.6 is 11.6 Å². The zero-order valence-corrected chi connectivity index (χ0v) is 14.5. The molecule has 5 heteroatoms. The topological polar surface area (TPSA) is 38.2 Å². The van der Waals surface area contributed by atoms with E-state index >= 15 is 0 Å². The molecular weight excluding hydrogens is 334 g/mol. The molecule has 1 aliphatic carbocycles. The molecule has 126 valence electrons. The third-order valence-corrected chi connectivity index (χ3v) is 5.60. The Morgan fingerprint density at radius 2 is 2.04 bits per heavy atom. The fraction of sp³-hybridized carbons (Fsp3) is 0.300. The number of fused-ring (bicyclic) bond motifs is 3. The summed E-state index contributed by atoms with van der Waals surface area (Å²) >= 11 is 6.12. The van der Waals surface area contributed by atoms with Crippen molar-refractivity contribution in [1.29, 1.82) is 0 Å². The monoisotopic (exact) mass is 351 g/mol. The molecule has 5 rings (SSSR count). The molecule has 0 radical (unpaired) electrons. The Kier molecular flexibility index (Phi) is 3.43. The molecule has 2 heterocycles. The highest BCUT2D eigenvalue weighted by molar-refractivity contribution is 6.31. The van der Waals surface area contributed by atoms with E-state index in [0.717, 1.165) is 42.7 Å². The second-order valence-corrected chi connectivity index (χ2v) is 7.22. The summed E-state index contributed by atoms with van der Waals surface area (Å²) in [6.07, 6.45) is 3.72. The number of nitrogens with zero attached hydrogens (tertiary/aromatic N) is 3. The van der Waals surface area contributed by atoms with Crippen molar-refractivity contribution in [3.05, 3.63) is 64.9 Å². The summed E-state index contributed by atoms with van der Waals surface area (Å²) in [4.78, 5) is 11.3. The molecule has 0 saturated carbocycles. The number of rotatable bonds is 1. The van der Waals surface area contributed by atoms with Gasteiger partial charge in [0.1, 0.15) is 17.7 Å². The molecule has 1 aliphatic heterocycles. The van der Waals surface area contributed by atoms with Crippen molar-refractivity contribution in [3.8, 4) is 0 Å². The first-order chi connectivity index (χ1) is 12.3. The van der Waals surface area contributed by atoms with Gasteiger partial charge in [-0.2, -0.15) is 0 Å². The van der Waals surface area contributed by atoms with Crippen molar-refractivity contribution in [2.75, 3.05) is 24.6 Å². The third-order valence-electron chi connectivity index (χ3n) is 5.37. The van der Waals surface area contributed by atoms with Crippen LogP contribution in [0.15, 0.2) is 48.8 Å². The van der Waals surface area contributed by atoms with Crippen LogP contribution in [0.1, 0.15) is 17.5 Å². The van der Waals surface area contributed by atoms with Crippen molar-refractivity contribution in [3.63, 3.8) is 0 Å². The normalized spacial score (nSPS) is 22.5. The first-order valence-electron chi connectivity index (χ1n) is 8.63. The van der Waals surface area contributed by atoms with Gasteiger partial charge in [-0.1, -0.05) is 35.9 Å². The van der Waals surface area contributed by atoms with E-state index in [1.54, 1.807) is 6.33 Å². The zero-order valence-electron chi connectivity index (χ0n) is 13.8. The van der Waals surface area contributed by atoms with E-state index in [9.17, 15) is 0 Å². The fourth-order valence-electron chi connectivity index (χ4n) is 4.20. The van der Waals surface area contributed by atoms with Gasteiger partial charge in [0.15, 0.2) is 0 Å². The molecule has 2 aromatic carbocycles. The number of hydrogen-bond donors (Lipinski definition) is 0. The predicted molar refractivity (Wildman–Crippen MR) is 99.2 cm³/mol.